The van der Waals surface area contributed by atoms with Gasteiger partial charge in [-0.2, -0.15) is 0 Å². The summed E-state index contributed by atoms with van der Waals surface area (Å²) >= 11 is 0. The van der Waals surface area contributed by atoms with E-state index in [1.54, 1.807) is 6.07 Å². The summed E-state index contributed by atoms with van der Waals surface area (Å²) in [5.41, 5.74) is 0.829. The van der Waals surface area contributed by atoms with E-state index in [1.165, 1.54) is 12.1 Å². The van der Waals surface area contributed by atoms with Crippen LogP contribution in [-0.2, 0) is 0 Å². The summed E-state index contributed by atoms with van der Waals surface area (Å²) in [4.78, 5) is 0. The van der Waals surface area contributed by atoms with Crippen molar-refractivity contribution in [3.8, 4) is 5.75 Å². The van der Waals surface area contributed by atoms with Crippen molar-refractivity contribution in [1.82, 2.24) is 5.32 Å². The molecule has 0 bridgehead atoms. The summed E-state index contributed by atoms with van der Waals surface area (Å²) in [7, 11) is 0. The molecule has 0 saturated carbocycles. The van der Waals surface area contributed by atoms with Crippen molar-refractivity contribution in [3.63, 3.8) is 0 Å². The van der Waals surface area contributed by atoms with Gasteiger partial charge in [-0.3, -0.25) is 0 Å². The first kappa shape index (κ1) is 13.0. The molecule has 90 valence electrons. The number of hydrogen-bond acceptors (Lipinski definition) is 2. The minimum Gasteiger partial charge on any atom is -0.489 e. The van der Waals surface area contributed by atoms with E-state index in [4.69, 9.17) is 4.74 Å². The Morgan fingerprint density at radius 3 is 2.62 bits per heavy atom. The molecule has 1 aromatic carbocycles. The van der Waals surface area contributed by atoms with Gasteiger partial charge >= 0.3 is 0 Å². The average molecular weight is 225 g/mol. The van der Waals surface area contributed by atoms with Gasteiger partial charge in [0, 0.05) is 6.04 Å². The zero-order valence-corrected chi connectivity index (χ0v) is 10.4. The number of benzene rings is 1. The lowest BCUT2D eigenvalue weighted by atomic mass is 10.2. The second kappa shape index (κ2) is 5.85. The molecule has 0 heterocycles. The predicted molar refractivity (Wildman–Crippen MR) is 64.4 cm³/mol. The van der Waals surface area contributed by atoms with E-state index in [9.17, 15) is 4.39 Å². The lowest BCUT2D eigenvalue weighted by molar-refractivity contribution is 0.178. The first-order chi connectivity index (χ1) is 7.54. The molecular formula is C13H20FNO. The highest BCUT2D eigenvalue weighted by molar-refractivity contribution is 5.32. The van der Waals surface area contributed by atoms with Gasteiger partial charge in [0.1, 0.15) is 17.7 Å². The third-order valence-electron chi connectivity index (χ3n) is 2.68. The molecule has 2 nitrogen and oxygen atoms in total. The summed E-state index contributed by atoms with van der Waals surface area (Å²) in [6.45, 7) is 8.91. The Labute approximate surface area is 96.8 Å². The second-order valence-electron chi connectivity index (χ2n) is 4.08. The van der Waals surface area contributed by atoms with Crippen molar-refractivity contribution in [2.24, 2.45) is 0 Å². The van der Waals surface area contributed by atoms with Crippen molar-refractivity contribution in [1.29, 1.82) is 0 Å². The Morgan fingerprint density at radius 1 is 1.38 bits per heavy atom. The van der Waals surface area contributed by atoms with Gasteiger partial charge < -0.3 is 10.1 Å². The van der Waals surface area contributed by atoms with Crippen molar-refractivity contribution >= 4 is 0 Å². The summed E-state index contributed by atoms with van der Waals surface area (Å²) in [5, 5.41) is 3.30. The highest BCUT2D eigenvalue weighted by Crippen LogP contribution is 2.20. The molecule has 1 aromatic rings. The molecule has 0 aliphatic rings. The van der Waals surface area contributed by atoms with E-state index < -0.39 is 0 Å². The highest BCUT2D eigenvalue weighted by atomic mass is 19.1. The summed E-state index contributed by atoms with van der Waals surface area (Å²) in [6, 6.07) is 4.86. The number of ether oxygens (including phenoxy) is 1. The number of likely N-dealkylation sites (N-methyl/N-ethyl adjacent to an activating group) is 1. The van der Waals surface area contributed by atoms with Gasteiger partial charge in [0.05, 0.1) is 0 Å². The van der Waals surface area contributed by atoms with Gasteiger partial charge in [0.2, 0.25) is 0 Å². The number of rotatable bonds is 5. The number of hydrogen-bond donors (Lipinski definition) is 1. The normalized spacial score (nSPS) is 14.6. The smallest absolute Gasteiger partial charge is 0.123 e. The molecule has 0 aliphatic carbocycles. The molecule has 1 N–H and O–H groups in total. The average Bonchev–Trinajstić information content (AvgIpc) is 2.22. The van der Waals surface area contributed by atoms with Gasteiger partial charge in [-0.15, -0.1) is 0 Å². The van der Waals surface area contributed by atoms with Crippen molar-refractivity contribution in [3.05, 3.63) is 29.6 Å². The standard InChI is InChI=1S/C13H20FNO/c1-5-15-10(3)11(4)16-13-7-6-12(14)8-9(13)2/h6-8,10-11,15H,5H2,1-4H3. The van der Waals surface area contributed by atoms with Gasteiger partial charge in [0.25, 0.3) is 0 Å². The quantitative estimate of drug-likeness (QED) is 0.832. The third kappa shape index (κ3) is 3.49. The van der Waals surface area contributed by atoms with Gasteiger partial charge in [0.15, 0.2) is 0 Å². The fourth-order valence-corrected chi connectivity index (χ4v) is 1.54. The van der Waals surface area contributed by atoms with Crippen LogP contribution in [0.4, 0.5) is 4.39 Å². The molecule has 0 radical (unpaired) electrons. The van der Waals surface area contributed by atoms with E-state index in [2.05, 4.69) is 19.2 Å². The van der Waals surface area contributed by atoms with Crippen LogP contribution in [0, 0.1) is 12.7 Å². The monoisotopic (exact) mass is 225 g/mol. The van der Waals surface area contributed by atoms with E-state index in [-0.39, 0.29) is 18.0 Å². The molecular weight excluding hydrogens is 205 g/mol. The first-order valence-electron chi connectivity index (χ1n) is 5.70. The molecule has 0 aromatic heterocycles. The lowest BCUT2D eigenvalue weighted by Gasteiger charge is -2.23. The van der Waals surface area contributed by atoms with E-state index in [0.29, 0.717) is 0 Å². The minimum absolute atomic E-state index is 0.0594. The summed E-state index contributed by atoms with van der Waals surface area (Å²) in [6.07, 6.45) is 0.0594. The fraction of sp³-hybridized carbons (Fsp3) is 0.538. The van der Waals surface area contributed by atoms with Gasteiger partial charge in [-0.05, 0) is 51.1 Å². The number of halogens is 1. The van der Waals surface area contributed by atoms with Gasteiger partial charge in [-0.25, -0.2) is 4.39 Å². The topological polar surface area (TPSA) is 21.3 Å². The van der Waals surface area contributed by atoms with Crippen LogP contribution in [0.15, 0.2) is 18.2 Å². The third-order valence-corrected chi connectivity index (χ3v) is 2.68. The Morgan fingerprint density at radius 2 is 2.06 bits per heavy atom. The van der Waals surface area contributed by atoms with E-state index >= 15 is 0 Å². The Hall–Kier alpha value is -1.09. The zero-order chi connectivity index (χ0) is 12.1. The van der Waals surface area contributed by atoms with E-state index in [1.807, 2.05) is 13.8 Å². The van der Waals surface area contributed by atoms with Crippen molar-refractivity contribution < 1.29 is 9.13 Å². The molecule has 0 amide bonds. The van der Waals surface area contributed by atoms with Crippen molar-refractivity contribution in [2.45, 2.75) is 39.8 Å². The van der Waals surface area contributed by atoms with Crippen LogP contribution >= 0.6 is 0 Å². The van der Waals surface area contributed by atoms with Crippen LogP contribution in [0.2, 0.25) is 0 Å². The molecule has 2 atom stereocenters. The van der Waals surface area contributed by atoms with E-state index in [0.717, 1.165) is 17.9 Å². The van der Waals surface area contributed by atoms with Crippen LogP contribution in [0.3, 0.4) is 0 Å². The Balaban J connectivity index is 2.65. The molecule has 1 rings (SSSR count). The molecule has 2 unspecified atom stereocenters. The molecule has 0 saturated heterocycles. The van der Waals surface area contributed by atoms with Gasteiger partial charge in [-0.1, -0.05) is 6.92 Å². The summed E-state index contributed by atoms with van der Waals surface area (Å²) < 4.78 is 18.7. The van der Waals surface area contributed by atoms with Crippen LogP contribution in [0.5, 0.6) is 5.75 Å². The maximum Gasteiger partial charge on any atom is 0.123 e. The maximum absolute atomic E-state index is 12.9. The maximum atomic E-state index is 12.9. The van der Waals surface area contributed by atoms with Crippen LogP contribution < -0.4 is 10.1 Å². The summed E-state index contributed by atoms with van der Waals surface area (Å²) in [5.74, 6) is 0.524. The molecule has 3 heteroatoms. The molecule has 0 fully saturated rings. The van der Waals surface area contributed by atoms with Crippen LogP contribution in [-0.4, -0.2) is 18.7 Å². The predicted octanol–water partition coefficient (Wildman–Crippen LogP) is 2.90. The SMILES string of the molecule is CCNC(C)C(C)Oc1ccc(F)cc1C. The highest BCUT2D eigenvalue weighted by Gasteiger charge is 2.13. The molecule has 0 aliphatic heterocycles. The van der Waals surface area contributed by atoms with Crippen LogP contribution in [0.25, 0.3) is 0 Å². The number of aryl methyl sites for hydroxylation is 1. The number of nitrogens with one attached hydrogen (secondary N) is 1. The van der Waals surface area contributed by atoms with Crippen molar-refractivity contribution in [2.75, 3.05) is 6.54 Å². The molecule has 16 heavy (non-hydrogen) atoms. The zero-order valence-electron chi connectivity index (χ0n) is 10.4. The van der Waals surface area contributed by atoms with Crippen LogP contribution in [0.1, 0.15) is 26.3 Å². The Bertz CT molecular complexity index is 341. The second-order valence-corrected chi connectivity index (χ2v) is 4.08. The lowest BCUT2D eigenvalue weighted by Crippen LogP contribution is -2.38. The fourth-order valence-electron chi connectivity index (χ4n) is 1.54. The largest absolute Gasteiger partial charge is 0.489 e. The Kier molecular flexibility index (Phi) is 4.74. The first-order valence-corrected chi connectivity index (χ1v) is 5.70. The molecule has 0 spiro atoms. The minimum atomic E-state index is -0.225.